The molecule has 0 aliphatic carbocycles. The van der Waals surface area contributed by atoms with Crippen molar-refractivity contribution < 1.29 is 41.5 Å². The van der Waals surface area contributed by atoms with Crippen LogP contribution in [0.1, 0.15) is 63.8 Å². The van der Waals surface area contributed by atoms with Gasteiger partial charge in [0.2, 0.25) is 0 Å². The van der Waals surface area contributed by atoms with Crippen LogP contribution in [0, 0.1) is 6.92 Å². The van der Waals surface area contributed by atoms with E-state index in [9.17, 15) is 0 Å². The molecule has 0 aliphatic heterocycles. The standard InChI is InChI=1S/3C10H14O.C7H7.Zr/c3*1-10(2,8-11)9-6-4-3-5-7-9;1-7-5-3-2-4-6-7;/h3*3-7,11H,8H2,1-2H3;2-6H,1H2;/q;;;-1;. The van der Waals surface area contributed by atoms with Gasteiger partial charge in [-0.25, -0.2) is 0 Å². The Balaban J connectivity index is 0.000000522. The molecule has 0 fully saturated rings. The third kappa shape index (κ3) is 14.8. The van der Waals surface area contributed by atoms with E-state index in [0.717, 1.165) is 5.56 Å². The van der Waals surface area contributed by atoms with Crippen LogP contribution >= 0.6 is 0 Å². The van der Waals surface area contributed by atoms with Crippen LogP contribution < -0.4 is 0 Å². The van der Waals surface area contributed by atoms with Gasteiger partial charge in [0.25, 0.3) is 0 Å². The molecule has 0 unspecified atom stereocenters. The maximum absolute atomic E-state index is 9.05. The van der Waals surface area contributed by atoms with Gasteiger partial charge < -0.3 is 15.3 Å². The van der Waals surface area contributed by atoms with Crippen molar-refractivity contribution in [3.63, 3.8) is 0 Å². The van der Waals surface area contributed by atoms with E-state index >= 15 is 0 Å². The Morgan fingerprint density at radius 1 is 0.415 bits per heavy atom. The second-order valence-electron chi connectivity index (χ2n) is 11.7. The number of hydrogen-bond donors (Lipinski definition) is 3. The van der Waals surface area contributed by atoms with Gasteiger partial charge >= 0.3 is 0 Å². The predicted octanol–water partition coefficient (Wildman–Crippen LogP) is 7.74. The summed E-state index contributed by atoms with van der Waals surface area (Å²) < 4.78 is 0. The van der Waals surface area contributed by atoms with Gasteiger partial charge in [-0.05, 0) is 16.7 Å². The summed E-state index contributed by atoms with van der Waals surface area (Å²) in [4.78, 5) is 0. The first kappa shape index (κ1) is 38.5. The van der Waals surface area contributed by atoms with Crippen LogP contribution in [-0.4, -0.2) is 35.1 Å². The van der Waals surface area contributed by atoms with Gasteiger partial charge in [0.1, 0.15) is 0 Å². The van der Waals surface area contributed by atoms with Crippen molar-refractivity contribution in [2.24, 2.45) is 0 Å². The molecule has 3 N–H and O–H groups in total. The van der Waals surface area contributed by atoms with Gasteiger partial charge in [-0.1, -0.05) is 139 Å². The van der Waals surface area contributed by atoms with Gasteiger partial charge in [0.15, 0.2) is 0 Å². The van der Waals surface area contributed by atoms with Crippen molar-refractivity contribution in [3.05, 3.63) is 151 Å². The minimum absolute atomic E-state index is 0. The smallest absolute Gasteiger partial charge is 0.0522 e. The molecule has 0 radical (unpaired) electrons. The molecule has 0 saturated heterocycles. The summed E-state index contributed by atoms with van der Waals surface area (Å²) in [5, 5.41) is 27.1. The zero-order valence-corrected chi connectivity index (χ0v) is 28.2. The van der Waals surface area contributed by atoms with Crippen molar-refractivity contribution >= 4 is 0 Å². The topological polar surface area (TPSA) is 60.7 Å². The van der Waals surface area contributed by atoms with Crippen LogP contribution in [0.25, 0.3) is 0 Å². The van der Waals surface area contributed by atoms with Crippen LogP contribution in [0.5, 0.6) is 0 Å². The average molecular weight is 633 g/mol. The van der Waals surface area contributed by atoms with Crippen LogP contribution in [0.15, 0.2) is 121 Å². The van der Waals surface area contributed by atoms with Crippen molar-refractivity contribution in [1.29, 1.82) is 0 Å². The summed E-state index contributed by atoms with van der Waals surface area (Å²) in [6.45, 7) is 16.5. The van der Waals surface area contributed by atoms with Gasteiger partial charge in [-0.2, -0.15) is 24.6 Å². The Labute approximate surface area is 268 Å². The van der Waals surface area contributed by atoms with E-state index < -0.39 is 0 Å². The van der Waals surface area contributed by atoms with E-state index in [0.29, 0.717) is 0 Å². The third-order valence-electron chi connectivity index (χ3n) is 6.69. The number of aliphatic hydroxyl groups is 3. The Morgan fingerprint density at radius 2 is 0.610 bits per heavy atom. The van der Waals surface area contributed by atoms with Crippen molar-refractivity contribution in [2.45, 2.75) is 57.8 Å². The summed E-state index contributed by atoms with van der Waals surface area (Å²) in [5.74, 6) is 0. The second-order valence-corrected chi connectivity index (χ2v) is 11.7. The molecule has 41 heavy (non-hydrogen) atoms. The molecule has 0 atom stereocenters. The van der Waals surface area contributed by atoms with Crippen LogP contribution in [0.2, 0.25) is 0 Å². The quantitative estimate of drug-likeness (QED) is 0.191. The molecular weight excluding hydrogens is 584 g/mol. The number of aliphatic hydroxyl groups excluding tert-OH is 3. The molecule has 220 valence electrons. The predicted molar refractivity (Wildman–Crippen MR) is 171 cm³/mol. The first-order valence-electron chi connectivity index (χ1n) is 13.8. The first-order valence-corrected chi connectivity index (χ1v) is 13.8. The molecule has 4 heteroatoms. The van der Waals surface area contributed by atoms with Gasteiger partial charge in [-0.3, -0.25) is 0 Å². The minimum atomic E-state index is -0.110. The third-order valence-corrected chi connectivity index (χ3v) is 6.69. The number of hydrogen-bond acceptors (Lipinski definition) is 3. The van der Waals surface area contributed by atoms with E-state index in [2.05, 4.69) is 6.92 Å². The molecule has 4 aromatic carbocycles. The first-order chi connectivity index (χ1) is 18.9. The molecule has 0 aliphatic rings. The van der Waals surface area contributed by atoms with Gasteiger partial charge in [-0.15, -0.1) is 12.1 Å². The molecule has 0 amide bonds. The second kappa shape index (κ2) is 19.6. The molecule has 4 rings (SSSR count). The molecule has 4 aromatic rings. The number of benzene rings is 4. The zero-order valence-electron chi connectivity index (χ0n) is 25.7. The van der Waals surface area contributed by atoms with E-state index in [1.54, 1.807) is 0 Å². The van der Waals surface area contributed by atoms with Crippen molar-refractivity contribution in [3.8, 4) is 0 Å². The summed E-state index contributed by atoms with van der Waals surface area (Å²) >= 11 is 0. The SMILES string of the molecule is CC(C)(CO)c1ccccc1.CC(C)(CO)c1ccccc1.CC(C)(CO)c1ccccc1.[CH2-]c1ccccc1.[Zr]. The van der Waals surface area contributed by atoms with Gasteiger partial charge in [0.05, 0.1) is 19.8 Å². The molecule has 0 spiro atoms. The molecular formula is C37H49O3Zr-. The van der Waals surface area contributed by atoms with Crippen LogP contribution in [0.4, 0.5) is 0 Å². The maximum atomic E-state index is 9.05. The number of rotatable bonds is 6. The van der Waals surface area contributed by atoms with E-state index in [1.165, 1.54) is 16.7 Å². The van der Waals surface area contributed by atoms with Crippen LogP contribution in [-0.2, 0) is 42.4 Å². The monoisotopic (exact) mass is 631 g/mol. The fourth-order valence-electron chi connectivity index (χ4n) is 3.42. The molecule has 0 saturated carbocycles. The summed E-state index contributed by atoms with van der Waals surface area (Å²) in [7, 11) is 0. The largest absolute Gasteiger partial charge is 0.395 e. The Bertz CT molecular complexity index is 1040. The van der Waals surface area contributed by atoms with Crippen LogP contribution in [0.3, 0.4) is 0 Å². The summed E-state index contributed by atoms with van der Waals surface area (Å²) in [5.41, 5.74) is 4.29. The summed E-state index contributed by atoms with van der Waals surface area (Å²) in [6.07, 6.45) is 0. The fraction of sp³-hybridized carbons (Fsp3) is 0.324. The molecule has 0 bridgehead atoms. The normalized spacial score (nSPS) is 10.8. The van der Waals surface area contributed by atoms with E-state index in [1.807, 2.05) is 163 Å². The molecule has 0 aromatic heterocycles. The van der Waals surface area contributed by atoms with E-state index in [4.69, 9.17) is 15.3 Å². The average Bonchev–Trinajstić information content (AvgIpc) is 3.00. The maximum Gasteiger partial charge on any atom is 0.0522 e. The van der Waals surface area contributed by atoms with Crippen molar-refractivity contribution in [2.75, 3.05) is 19.8 Å². The zero-order chi connectivity index (χ0) is 30.1. The van der Waals surface area contributed by atoms with E-state index in [-0.39, 0.29) is 62.3 Å². The van der Waals surface area contributed by atoms with Crippen molar-refractivity contribution in [1.82, 2.24) is 0 Å². The summed E-state index contributed by atoms with van der Waals surface area (Å²) in [6, 6.07) is 40.0. The Hall–Kier alpha value is -2.49. The molecule has 0 heterocycles. The Morgan fingerprint density at radius 3 is 0.756 bits per heavy atom. The van der Waals surface area contributed by atoms with Gasteiger partial charge in [0, 0.05) is 42.4 Å². The Kier molecular flexibility index (Phi) is 18.4. The minimum Gasteiger partial charge on any atom is -0.395 e. The molecule has 3 nitrogen and oxygen atoms in total. The fourth-order valence-corrected chi connectivity index (χ4v) is 3.42.